The number of hydrogen-bond donors (Lipinski definition) is 0. The van der Waals surface area contributed by atoms with Gasteiger partial charge in [0.15, 0.2) is 6.61 Å². The summed E-state index contributed by atoms with van der Waals surface area (Å²) in [6.45, 7) is 1.60. The third kappa shape index (κ3) is 4.78. The van der Waals surface area contributed by atoms with E-state index in [1.165, 1.54) is 24.3 Å². The number of benzene rings is 1. The molecule has 0 aliphatic rings. The van der Waals surface area contributed by atoms with E-state index in [-0.39, 0.29) is 24.5 Å². The second-order valence-electron chi connectivity index (χ2n) is 3.40. The first-order chi connectivity index (χ1) is 9.54. The number of nitro groups is 1. The lowest BCUT2D eigenvalue weighted by atomic mass is 10.2. The molecule has 0 bridgehead atoms. The van der Waals surface area contributed by atoms with Gasteiger partial charge >= 0.3 is 11.9 Å². The molecule has 1 aromatic rings. The number of nitrogens with zero attached hydrogens (tertiary/aromatic N) is 1. The molecule has 0 saturated carbocycles. The summed E-state index contributed by atoms with van der Waals surface area (Å²) < 4.78 is 9.32. The molecule has 0 saturated heterocycles. The number of carbonyl (C=O) groups is 2. The van der Waals surface area contributed by atoms with Crippen LogP contribution in [0.15, 0.2) is 24.3 Å². The molecule has 0 aliphatic carbocycles. The summed E-state index contributed by atoms with van der Waals surface area (Å²) in [6, 6.07) is 4.94. The van der Waals surface area contributed by atoms with Gasteiger partial charge in [0.05, 0.1) is 17.1 Å². The van der Waals surface area contributed by atoms with Crippen LogP contribution >= 0.6 is 0 Å². The minimum atomic E-state index is -0.695. The molecule has 0 amide bonds. The second kappa shape index (κ2) is 7.53. The Labute approximate surface area is 114 Å². The van der Waals surface area contributed by atoms with Gasteiger partial charge in [-0.3, -0.25) is 10.1 Å². The van der Waals surface area contributed by atoms with Crippen LogP contribution in [0.4, 0.5) is 5.69 Å². The molecular weight excluding hydrogens is 266 g/mol. The largest absolute Gasteiger partial charge is 0.456 e. The van der Waals surface area contributed by atoms with Crippen molar-refractivity contribution in [2.75, 3.05) is 13.2 Å². The third-order valence-electron chi connectivity index (χ3n) is 2.06. The molecule has 7 nitrogen and oxygen atoms in total. The van der Waals surface area contributed by atoms with Crippen molar-refractivity contribution in [3.8, 4) is 11.8 Å². The molecule has 1 aromatic carbocycles. The predicted molar refractivity (Wildman–Crippen MR) is 67.8 cm³/mol. The van der Waals surface area contributed by atoms with Gasteiger partial charge in [0.25, 0.3) is 5.69 Å². The molecule has 0 N–H and O–H groups in total. The van der Waals surface area contributed by atoms with Crippen LogP contribution in [-0.4, -0.2) is 30.1 Å². The van der Waals surface area contributed by atoms with E-state index in [1.54, 1.807) is 6.92 Å². The molecule has 0 fully saturated rings. The lowest BCUT2D eigenvalue weighted by molar-refractivity contribution is -0.384. The number of carbonyl (C=O) groups excluding carboxylic acids is 2. The average Bonchev–Trinajstić information content (AvgIpc) is 2.43. The molecule has 1 rings (SSSR count). The van der Waals surface area contributed by atoms with Crippen molar-refractivity contribution in [1.82, 2.24) is 0 Å². The zero-order chi connectivity index (χ0) is 15.0. The topological polar surface area (TPSA) is 95.7 Å². The smallest absolute Gasteiger partial charge is 0.384 e. The molecular formula is C13H11NO6. The van der Waals surface area contributed by atoms with Gasteiger partial charge in [-0.25, -0.2) is 9.59 Å². The molecule has 7 heteroatoms. The van der Waals surface area contributed by atoms with E-state index in [9.17, 15) is 19.7 Å². The monoisotopic (exact) mass is 277 g/mol. The summed E-state index contributed by atoms with van der Waals surface area (Å²) in [6.07, 6.45) is 0. The third-order valence-corrected chi connectivity index (χ3v) is 2.06. The molecule has 0 radical (unpaired) electrons. The number of esters is 2. The Morgan fingerprint density at radius 1 is 1.25 bits per heavy atom. The summed E-state index contributed by atoms with van der Waals surface area (Å²) >= 11 is 0. The van der Waals surface area contributed by atoms with Crippen LogP contribution in [0.1, 0.15) is 17.3 Å². The molecule has 0 aromatic heterocycles. The van der Waals surface area contributed by atoms with Crippen molar-refractivity contribution in [2.24, 2.45) is 0 Å². The van der Waals surface area contributed by atoms with E-state index in [0.717, 1.165) is 0 Å². The van der Waals surface area contributed by atoms with Crippen molar-refractivity contribution >= 4 is 17.6 Å². The van der Waals surface area contributed by atoms with Crippen LogP contribution in [0.25, 0.3) is 0 Å². The first-order valence-electron chi connectivity index (χ1n) is 5.61. The molecule has 0 spiro atoms. The van der Waals surface area contributed by atoms with Crippen molar-refractivity contribution in [2.45, 2.75) is 6.92 Å². The first-order valence-corrected chi connectivity index (χ1v) is 5.61. The fourth-order valence-corrected chi connectivity index (χ4v) is 1.18. The molecule has 20 heavy (non-hydrogen) atoms. The Kier molecular flexibility index (Phi) is 5.72. The standard InChI is InChI=1S/C13H11NO6/c1-2-19-12(15)4-3-9-20-13(16)10-5-7-11(8-6-10)14(17)18/h5-8H,2,9H2,1H3. The highest BCUT2D eigenvalue weighted by molar-refractivity contribution is 5.90. The molecule has 0 heterocycles. The van der Waals surface area contributed by atoms with Gasteiger partial charge in [-0.05, 0) is 25.0 Å². The normalized spacial score (nSPS) is 9.05. The summed E-state index contributed by atoms with van der Waals surface area (Å²) in [4.78, 5) is 32.2. The average molecular weight is 277 g/mol. The van der Waals surface area contributed by atoms with Crippen LogP contribution in [0.2, 0.25) is 0 Å². The summed E-state index contributed by atoms with van der Waals surface area (Å²) in [7, 11) is 0. The van der Waals surface area contributed by atoms with Gasteiger partial charge in [-0.1, -0.05) is 0 Å². The van der Waals surface area contributed by atoms with Gasteiger partial charge < -0.3 is 9.47 Å². The van der Waals surface area contributed by atoms with Crippen molar-refractivity contribution in [3.05, 3.63) is 39.9 Å². The number of nitro benzene ring substituents is 1. The zero-order valence-corrected chi connectivity index (χ0v) is 10.6. The van der Waals surface area contributed by atoms with E-state index >= 15 is 0 Å². The Morgan fingerprint density at radius 2 is 1.90 bits per heavy atom. The lowest BCUT2D eigenvalue weighted by Gasteiger charge is -2.00. The molecule has 104 valence electrons. The maximum Gasteiger partial charge on any atom is 0.384 e. The SMILES string of the molecule is CCOC(=O)C#CCOC(=O)c1ccc([N+](=O)[O-])cc1. The van der Waals surface area contributed by atoms with Crippen molar-refractivity contribution in [3.63, 3.8) is 0 Å². The highest BCUT2D eigenvalue weighted by Gasteiger charge is 2.09. The van der Waals surface area contributed by atoms with Gasteiger partial charge in [-0.2, -0.15) is 0 Å². The van der Waals surface area contributed by atoms with E-state index < -0.39 is 16.9 Å². The quantitative estimate of drug-likeness (QED) is 0.271. The van der Waals surface area contributed by atoms with E-state index in [4.69, 9.17) is 4.74 Å². The van der Waals surface area contributed by atoms with E-state index in [2.05, 4.69) is 16.6 Å². The van der Waals surface area contributed by atoms with Crippen LogP contribution in [0, 0.1) is 22.0 Å². The fourth-order valence-electron chi connectivity index (χ4n) is 1.18. The second-order valence-corrected chi connectivity index (χ2v) is 3.40. The number of rotatable bonds is 4. The maximum absolute atomic E-state index is 11.5. The van der Waals surface area contributed by atoms with Crippen LogP contribution in [-0.2, 0) is 14.3 Å². The Balaban J connectivity index is 2.51. The lowest BCUT2D eigenvalue weighted by Crippen LogP contribution is -2.06. The predicted octanol–water partition coefficient (Wildman–Crippen LogP) is 1.32. The number of non-ortho nitro benzene ring substituents is 1. The summed E-state index contributed by atoms with van der Waals surface area (Å²) in [5.41, 5.74) is 0.0391. The zero-order valence-electron chi connectivity index (χ0n) is 10.6. The Hall–Kier alpha value is -2.88. The highest BCUT2D eigenvalue weighted by Crippen LogP contribution is 2.12. The number of hydrogen-bond acceptors (Lipinski definition) is 6. The maximum atomic E-state index is 11.5. The minimum absolute atomic E-state index is 0.122. The Morgan fingerprint density at radius 3 is 2.45 bits per heavy atom. The van der Waals surface area contributed by atoms with Crippen molar-refractivity contribution in [1.29, 1.82) is 0 Å². The van der Waals surface area contributed by atoms with Crippen LogP contribution in [0.5, 0.6) is 0 Å². The van der Waals surface area contributed by atoms with Gasteiger partial charge in [0.1, 0.15) is 0 Å². The van der Waals surface area contributed by atoms with Crippen molar-refractivity contribution < 1.29 is 24.0 Å². The van der Waals surface area contributed by atoms with E-state index in [1.807, 2.05) is 0 Å². The van der Waals surface area contributed by atoms with Crippen LogP contribution < -0.4 is 0 Å². The molecule has 0 atom stereocenters. The molecule has 0 aliphatic heterocycles. The molecule has 0 unspecified atom stereocenters. The number of ether oxygens (including phenoxy) is 2. The first kappa shape index (κ1) is 15.2. The van der Waals surface area contributed by atoms with Gasteiger partial charge in [0, 0.05) is 18.1 Å². The van der Waals surface area contributed by atoms with E-state index in [0.29, 0.717) is 0 Å². The minimum Gasteiger partial charge on any atom is -0.456 e. The summed E-state index contributed by atoms with van der Waals surface area (Å²) in [5.74, 6) is 3.08. The van der Waals surface area contributed by atoms with Gasteiger partial charge in [0.2, 0.25) is 0 Å². The van der Waals surface area contributed by atoms with Crippen LogP contribution in [0.3, 0.4) is 0 Å². The summed E-state index contributed by atoms with van der Waals surface area (Å²) in [5, 5.41) is 10.4. The Bertz CT molecular complexity index is 567. The van der Waals surface area contributed by atoms with Gasteiger partial charge in [-0.15, -0.1) is 0 Å². The fraction of sp³-hybridized carbons (Fsp3) is 0.231. The highest BCUT2D eigenvalue weighted by atomic mass is 16.6.